The fourth-order valence-electron chi connectivity index (χ4n) is 3.60. The standard InChI is InChI=1S/C22H17ClF3N3O2S/c1-32-21-27-9-14(10-28-21)20-16-8-15(31-22(24,25)26)6-7-18(16)29(19(20)12-30)11-13-4-2-3-5-17(13)23/h2-10,30H,11-12H2,1H3. The molecule has 0 aliphatic heterocycles. The summed E-state index contributed by atoms with van der Waals surface area (Å²) >= 11 is 7.70. The first kappa shape index (κ1) is 22.4. The van der Waals surface area contributed by atoms with Gasteiger partial charge in [0.1, 0.15) is 5.75 Å². The van der Waals surface area contributed by atoms with E-state index < -0.39 is 6.36 Å². The summed E-state index contributed by atoms with van der Waals surface area (Å²) in [6.07, 6.45) is 0.190. The van der Waals surface area contributed by atoms with Crippen LogP contribution in [0.4, 0.5) is 13.2 Å². The molecule has 0 aliphatic rings. The van der Waals surface area contributed by atoms with Crippen molar-refractivity contribution < 1.29 is 23.0 Å². The lowest BCUT2D eigenvalue weighted by Crippen LogP contribution is -2.17. The predicted molar refractivity (Wildman–Crippen MR) is 118 cm³/mol. The topological polar surface area (TPSA) is 60.2 Å². The van der Waals surface area contributed by atoms with Crippen molar-refractivity contribution in [3.05, 3.63) is 71.1 Å². The van der Waals surface area contributed by atoms with E-state index in [0.717, 1.165) is 5.56 Å². The fourth-order valence-corrected chi connectivity index (χ4v) is 4.11. The molecule has 5 nitrogen and oxygen atoms in total. The van der Waals surface area contributed by atoms with E-state index in [0.29, 0.717) is 44.4 Å². The lowest BCUT2D eigenvalue weighted by atomic mass is 10.0. The summed E-state index contributed by atoms with van der Waals surface area (Å²) in [6.45, 7) is -0.0382. The second-order valence-electron chi connectivity index (χ2n) is 6.84. The molecular weight excluding hydrogens is 463 g/mol. The molecule has 2 heterocycles. The lowest BCUT2D eigenvalue weighted by molar-refractivity contribution is -0.274. The maximum absolute atomic E-state index is 12.8. The van der Waals surface area contributed by atoms with Gasteiger partial charge < -0.3 is 14.4 Å². The number of benzene rings is 2. The molecule has 0 spiro atoms. The van der Waals surface area contributed by atoms with Crippen molar-refractivity contribution in [2.45, 2.75) is 24.7 Å². The van der Waals surface area contributed by atoms with Crippen molar-refractivity contribution in [3.63, 3.8) is 0 Å². The number of halogens is 4. The molecule has 2 aromatic carbocycles. The van der Waals surface area contributed by atoms with Gasteiger partial charge in [-0.2, -0.15) is 0 Å². The highest BCUT2D eigenvalue weighted by atomic mass is 35.5. The highest BCUT2D eigenvalue weighted by Gasteiger charge is 2.31. The van der Waals surface area contributed by atoms with E-state index in [1.54, 1.807) is 18.5 Å². The minimum Gasteiger partial charge on any atom is -0.406 e. The first-order chi connectivity index (χ1) is 15.3. The fraction of sp³-hybridized carbons (Fsp3) is 0.182. The van der Waals surface area contributed by atoms with E-state index in [4.69, 9.17) is 11.6 Å². The van der Waals surface area contributed by atoms with Crippen molar-refractivity contribution >= 4 is 34.3 Å². The van der Waals surface area contributed by atoms with Crippen molar-refractivity contribution in [2.24, 2.45) is 0 Å². The van der Waals surface area contributed by atoms with Crippen LogP contribution in [0, 0.1) is 0 Å². The Hall–Kier alpha value is -2.75. The summed E-state index contributed by atoms with van der Waals surface area (Å²) in [6, 6.07) is 11.4. The Balaban J connectivity index is 1.95. The maximum Gasteiger partial charge on any atom is 0.573 e. The van der Waals surface area contributed by atoms with Gasteiger partial charge in [0, 0.05) is 46.0 Å². The molecule has 2 aromatic heterocycles. The molecule has 0 unspecified atom stereocenters. The average Bonchev–Trinajstić information content (AvgIpc) is 3.06. The maximum atomic E-state index is 12.8. The number of aliphatic hydroxyl groups is 1. The number of aromatic nitrogens is 3. The van der Waals surface area contributed by atoms with Gasteiger partial charge in [-0.3, -0.25) is 0 Å². The zero-order chi connectivity index (χ0) is 22.9. The van der Waals surface area contributed by atoms with E-state index in [1.807, 2.05) is 29.0 Å². The average molecular weight is 480 g/mol. The van der Waals surface area contributed by atoms with Crippen LogP contribution in [0.3, 0.4) is 0 Å². The number of ether oxygens (including phenoxy) is 1. The normalized spacial score (nSPS) is 11.8. The Bertz CT molecular complexity index is 1260. The first-order valence-electron chi connectivity index (χ1n) is 9.42. The number of aliphatic hydroxyl groups excluding tert-OH is 1. The summed E-state index contributed by atoms with van der Waals surface area (Å²) < 4.78 is 44.4. The van der Waals surface area contributed by atoms with Gasteiger partial charge in [0.15, 0.2) is 5.16 Å². The van der Waals surface area contributed by atoms with Gasteiger partial charge >= 0.3 is 6.36 Å². The van der Waals surface area contributed by atoms with Crippen LogP contribution in [-0.2, 0) is 13.2 Å². The molecule has 0 saturated carbocycles. The van der Waals surface area contributed by atoms with Crippen molar-refractivity contribution in [3.8, 4) is 16.9 Å². The molecule has 166 valence electrons. The van der Waals surface area contributed by atoms with Gasteiger partial charge in [-0.1, -0.05) is 41.6 Å². The van der Waals surface area contributed by atoms with Crippen molar-refractivity contribution in [2.75, 3.05) is 6.26 Å². The molecule has 4 aromatic rings. The van der Waals surface area contributed by atoms with Crippen LogP contribution >= 0.6 is 23.4 Å². The van der Waals surface area contributed by atoms with E-state index in [9.17, 15) is 18.3 Å². The van der Waals surface area contributed by atoms with Crippen LogP contribution in [0.2, 0.25) is 5.02 Å². The minimum absolute atomic E-state index is 0.315. The summed E-state index contributed by atoms with van der Waals surface area (Å²) in [5.74, 6) is -0.354. The van der Waals surface area contributed by atoms with E-state index in [1.165, 1.54) is 30.0 Å². The largest absolute Gasteiger partial charge is 0.573 e. The van der Waals surface area contributed by atoms with E-state index in [-0.39, 0.29) is 12.4 Å². The smallest absolute Gasteiger partial charge is 0.406 e. The summed E-state index contributed by atoms with van der Waals surface area (Å²) in [5.41, 5.74) is 3.03. The number of hydrogen-bond donors (Lipinski definition) is 1. The van der Waals surface area contributed by atoms with Crippen LogP contribution in [0.25, 0.3) is 22.0 Å². The molecule has 0 atom stereocenters. The molecule has 4 rings (SSSR count). The molecule has 10 heteroatoms. The molecular formula is C22H17ClF3N3O2S. The Labute approximate surface area is 190 Å². The molecule has 0 bridgehead atoms. The van der Waals surface area contributed by atoms with Crippen molar-refractivity contribution in [1.29, 1.82) is 0 Å². The van der Waals surface area contributed by atoms with Gasteiger partial charge in [0.05, 0.1) is 12.3 Å². The van der Waals surface area contributed by atoms with Crippen molar-refractivity contribution in [1.82, 2.24) is 14.5 Å². The zero-order valence-corrected chi connectivity index (χ0v) is 18.3. The number of fused-ring (bicyclic) bond motifs is 1. The van der Waals surface area contributed by atoms with Crippen LogP contribution < -0.4 is 4.74 Å². The predicted octanol–water partition coefficient (Wildman–Crippen LogP) is 5.91. The first-order valence-corrected chi connectivity index (χ1v) is 11.0. The number of rotatable bonds is 6. The second kappa shape index (κ2) is 9.01. The molecule has 1 N–H and O–H groups in total. The van der Waals surface area contributed by atoms with Crippen LogP contribution in [-0.4, -0.2) is 32.3 Å². The molecule has 0 amide bonds. The van der Waals surface area contributed by atoms with Gasteiger partial charge in [-0.15, -0.1) is 13.2 Å². The van der Waals surface area contributed by atoms with E-state index >= 15 is 0 Å². The Morgan fingerprint density at radius 1 is 1.12 bits per heavy atom. The summed E-state index contributed by atoms with van der Waals surface area (Å²) in [5, 5.41) is 11.8. The monoisotopic (exact) mass is 479 g/mol. The van der Waals surface area contributed by atoms with Gasteiger partial charge in [-0.05, 0) is 36.1 Å². The van der Waals surface area contributed by atoms with Crippen LogP contribution in [0.5, 0.6) is 5.75 Å². The van der Waals surface area contributed by atoms with Crippen LogP contribution in [0.15, 0.2) is 60.0 Å². The van der Waals surface area contributed by atoms with Gasteiger partial charge in [0.2, 0.25) is 0 Å². The number of hydrogen-bond acceptors (Lipinski definition) is 5. The quantitative estimate of drug-likeness (QED) is 0.275. The zero-order valence-electron chi connectivity index (χ0n) is 16.7. The van der Waals surface area contributed by atoms with E-state index in [2.05, 4.69) is 14.7 Å². The highest BCUT2D eigenvalue weighted by molar-refractivity contribution is 7.98. The third-order valence-electron chi connectivity index (χ3n) is 4.91. The minimum atomic E-state index is -4.82. The molecule has 0 radical (unpaired) electrons. The van der Waals surface area contributed by atoms with Crippen LogP contribution in [0.1, 0.15) is 11.3 Å². The third-order valence-corrected chi connectivity index (χ3v) is 5.86. The number of thioether (sulfide) groups is 1. The summed E-state index contributed by atoms with van der Waals surface area (Å²) in [7, 11) is 0. The Morgan fingerprint density at radius 3 is 2.47 bits per heavy atom. The summed E-state index contributed by atoms with van der Waals surface area (Å²) in [4.78, 5) is 8.55. The molecule has 32 heavy (non-hydrogen) atoms. The van der Waals surface area contributed by atoms with Gasteiger partial charge in [0.25, 0.3) is 0 Å². The SMILES string of the molecule is CSc1ncc(-c2c(CO)n(Cc3ccccc3Cl)c3ccc(OC(F)(F)F)cc23)cn1. The molecule has 0 fully saturated rings. The third kappa shape index (κ3) is 4.55. The number of alkyl halides is 3. The highest BCUT2D eigenvalue weighted by Crippen LogP contribution is 2.38. The lowest BCUT2D eigenvalue weighted by Gasteiger charge is -2.12. The molecule has 0 saturated heterocycles. The number of nitrogens with zero attached hydrogens (tertiary/aromatic N) is 3. The van der Waals surface area contributed by atoms with Gasteiger partial charge in [-0.25, -0.2) is 9.97 Å². The molecule has 0 aliphatic carbocycles. The Kier molecular flexibility index (Phi) is 6.32. The second-order valence-corrected chi connectivity index (χ2v) is 8.02. The Morgan fingerprint density at radius 2 is 1.84 bits per heavy atom.